The van der Waals surface area contributed by atoms with E-state index in [0.717, 1.165) is 4.31 Å². The third-order valence-corrected chi connectivity index (χ3v) is 6.84. The van der Waals surface area contributed by atoms with Crippen molar-refractivity contribution >= 4 is 33.2 Å². The van der Waals surface area contributed by atoms with Crippen LogP contribution < -0.4 is 19.1 Å². The number of halogens is 1. The van der Waals surface area contributed by atoms with E-state index in [1.54, 1.807) is 36.8 Å². The van der Waals surface area contributed by atoms with Gasteiger partial charge in [-0.1, -0.05) is 11.6 Å². The third-order valence-electron chi connectivity index (χ3n) is 4.82. The van der Waals surface area contributed by atoms with Gasteiger partial charge in [-0.05, 0) is 42.8 Å². The lowest BCUT2D eigenvalue weighted by Crippen LogP contribution is -2.41. The lowest BCUT2D eigenvalue weighted by atomic mass is 10.3. The van der Waals surface area contributed by atoms with Gasteiger partial charge in [0.2, 0.25) is 5.91 Å². The maximum Gasteiger partial charge on any atom is 0.264 e. The molecule has 1 heterocycles. The highest BCUT2D eigenvalue weighted by molar-refractivity contribution is 7.92. The first kappa shape index (κ1) is 24.4. The lowest BCUT2D eigenvalue weighted by Gasteiger charge is -2.24. The van der Waals surface area contributed by atoms with Crippen LogP contribution in [0.15, 0.2) is 66.1 Å². The summed E-state index contributed by atoms with van der Waals surface area (Å²) in [7, 11) is -1.22. The number of sulfonamides is 1. The molecular weight excluding hydrogens is 468 g/mol. The van der Waals surface area contributed by atoms with E-state index in [0.29, 0.717) is 36.0 Å². The number of amides is 1. The fourth-order valence-electron chi connectivity index (χ4n) is 3.12. The number of carbonyl (C=O) groups excluding carboxylic acids is 1. The number of aromatic nitrogens is 2. The molecule has 0 saturated carbocycles. The Hall–Kier alpha value is -3.24. The van der Waals surface area contributed by atoms with Crippen molar-refractivity contribution in [2.45, 2.75) is 17.9 Å². The molecule has 0 bridgehead atoms. The number of benzene rings is 2. The maximum atomic E-state index is 13.5. The van der Waals surface area contributed by atoms with Gasteiger partial charge in [0.15, 0.2) is 11.5 Å². The topological polar surface area (TPSA) is 103 Å². The van der Waals surface area contributed by atoms with Gasteiger partial charge in [0.25, 0.3) is 10.0 Å². The second kappa shape index (κ2) is 11.1. The minimum atomic E-state index is -4.10. The highest BCUT2D eigenvalue weighted by Crippen LogP contribution is 2.32. The Morgan fingerprint density at radius 3 is 2.48 bits per heavy atom. The van der Waals surface area contributed by atoms with E-state index >= 15 is 0 Å². The number of hydrogen-bond donors (Lipinski definition) is 1. The van der Waals surface area contributed by atoms with Gasteiger partial charge in [0.1, 0.15) is 6.54 Å². The smallest absolute Gasteiger partial charge is 0.264 e. The fourth-order valence-corrected chi connectivity index (χ4v) is 4.68. The first-order valence-electron chi connectivity index (χ1n) is 10.1. The molecule has 0 aliphatic heterocycles. The first-order valence-corrected chi connectivity index (χ1v) is 11.9. The average molecular weight is 493 g/mol. The summed E-state index contributed by atoms with van der Waals surface area (Å²) < 4.78 is 40.4. The van der Waals surface area contributed by atoms with Gasteiger partial charge < -0.3 is 19.4 Å². The summed E-state index contributed by atoms with van der Waals surface area (Å²) in [5, 5.41) is 3.22. The number of nitrogens with zero attached hydrogens (tertiary/aromatic N) is 3. The van der Waals surface area contributed by atoms with Crippen molar-refractivity contribution in [3.05, 3.63) is 66.2 Å². The molecule has 0 saturated heterocycles. The SMILES string of the molecule is COc1ccc(S(=O)(=O)N(CC(=O)NCCCn2ccnc2)c2ccc(Cl)cc2)cc1OC. The summed E-state index contributed by atoms with van der Waals surface area (Å²) in [6.45, 7) is 0.677. The molecule has 0 radical (unpaired) electrons. The number of methoxy groups -OCH3 is 2. The largest absolute Gasteiger partial charge is 0.493 e. The zero-order valence-corrected chi connectivity index (χ0v) is 19.8. The van der Waals surface area contributed by atoms with E-state index in [1.165, 1.54) is 32.4 Å². The number of carbonyl (C=O) groups is 1. The minimum Gasteiger partial charge on any atom is -0.493 e. The summed E-state index contributed by atoms with van der Waals surface area (Å²) in [6.07, 6.45) is 5.88. The standard InChI is InChI=1S/C22H25ClN4O5S/c1-31-20-9-8-19(14-21(20)32-2)33(29,30)27(18-6-4-17(23)5-7-18)15-22(28)25-10-3-12-26-13-11-24-16-26/h4-9,11,13-14,16H,3,10,12,15H2,1-2H3,(H,25,28). The number of hydrogen-bond acceptors (Lipinski definition) is 6. The van der Waals surface area contributed by atoms with Crippen molar-refractivity contribution in [1.82, 2.24) is 14.9 Å². The van der Waals surface area contributed by atoms with Gasteiger partial charge in [-0.3, -0.25) is 9.10 Å². The summed E-state index contributed by atoms with van der Waals surface area (Å²) >= 11 is 5.97. The molecule has 1 aromatic heterocycles. The molecule has 11 heteroatoms. The van der Waals surface area contributed by atoms with Crippen molar-refractivity contribution in [1.29, 1.82) is 0 Å². The fraction of sp³-hybridized carbons (Fsp3) is 0.273. The minimum absolute atomic E-state index is 0.0389. The van der Waals surface area contributed by atoms with E-state index in [9.17, 15) is 13.2 Å². The monoisotopic (exact) mass is 492 g/mol. The van der Waals surface area contributed by atoms with Crippen LogP contribution in [0.3, 0.4) is 0 Å². The van der Waals surface area contributed by atoms with E-state index in [-0.39, 0.29) is 10.6 Å². The van der Waals surface area contributed by atoms with Crippen LogP contribution in [0.2, 0.25) is 5.02 Å². The second-order valence-electron chi connectivity index (χ2n) is 7.01. The molecule has 0 aliphatic rings. The second-order valence-corrected chi connectivity index (χ2v) is 9.31. The predicted octanol–water partition coefficient (Wildman–Crippen LogP) is 2.96. The van der Waals surface area contributed by atoms with Gasteiger partial charge >= 0.3 is 0 Å². The molecule has 1 N–H and O–H groups in total. The van der Waals surface area contributed by atoms with Crippen LogP contribution in [0.4, 0.5) is 5.69 Å². The highest BCUT2D eigenvalue weighted by Gasteiger charge is 2.28. The third kappa shape index (κ3) is 6.17. The van der Waals surface area contributed by atoms with Crippen LogP contribution in [-0.2, 0) is 21.4 Å². The molecule has 1 amide bonds. The van der Waals surface area contributed by atoms with Crippen molar-refractivity contribution < 1.29 is 22.7 Å². The Labute approximate surface area is 198 Å². The van der Waals surface area contributed by atoms with Crippen LogP contribution in [0.25, 0.3) is 0 Å². The average Bonchev–Trinajstić information content (AvgIpc) is 3.34. The molecule has 9 nitrogen and oxygen atoms in total. The Bertz CT molecular complexity index is 1170. The molecule has 176 valence electrons. The Morgan fingerprint density at radius 2 is 1.85 bits per heavy atom. The zero-order valence-electron chi connectivity index (χ0n) is 18.3. The van der Waals surface area contributed by atoms with Crippen molar-refractivity contribution in [3.8, 4) is 11.5 Å². The number of nitrogens with one attached hydrogen (secondary N) is 1. The molecule has 0 aliphatic carbocycles. The van der Waals surface area contributed by atoms with Gasteiger partial charge in [-0.15, -0.1) is 0 Å². The Balaban J connectivity index is 1.80. The number of imidazole rings is 1. The van der Waals surface area contributed by atoms with Gasteiger partial charge in [-0.25, -0.2) is 13.4 Å². The molecule has 0 atom stereocenters. The van der Waals surface area contributed by atoms with Crippen LogP contribution >= 0.6 is 11.6 Å². The molecule has 0 unspecified atom stereocenters. The van der Waals surface area contributed by atoms with Crippen LogP contribution in [0, 0.1) is 0 Å². The summed E-state index contributed by atoms with van der Waals surface area (Å²) in [4.78, 5) is 16.6. The van der Waals surface area contributed by atoms with Gasteiger partial charge in [0.05, 0.1) is 31.1 Å². The quantitative estimate of drug-likeness (QED) is 0.413. The Morgan fingerprint density at radius 1 is 1.12 bits per heavy atom. The van der Waals surface area contributed by atoms with Crippen molar-refractivity contribution in [2.24, 2.45) is 0 Å². The van der Waals surface area contributed by atoms with Crippen LogP contribution in [-0.4, -0.2) is 51.2 Å². The molecule has 3 aromatic rings. The number of ether oxygens (including phenoxy) is 2. The molecule has 33 heavy (non-hydrogen) atoms. The molecular formula is C22H25ClN4O5S. The van der Waals surface area contributed by atoms with Crippen LogP contribution in [0.1, 0.15) is 6.42 Å². The van der Waals surface area contributed by atoms with E-state index in [2.05, 4.69) is 10.3 Å². The zero-order chi connectivity index (χ0) is 23.8. The number of anilines is 1. The van der Waals surface area contributed by atoms with Gasteiger partial charge in [0, 0.05) is 36.6 Å². The first-order chi connectivity index (χ1) is 15.8. The Kier molecular flexibility index (Phi) is 8.18. The lowest BCUT2D eigenvalue weighted by molar-refractivity contribution is -0.119. The molecule has 3 rings (SSSR count). The summed E-state index contributed by atoms with van der Waals surface area (Å²) in [5.41, 5.74) is 0.308. The van der Waals surface area contributed by atoms with E-state index in [4.69, 9.17) is 21.1 Å². The summed E-state index contributed by atoms with van der Waals surface area (Å²) in [5.74, 6) is 0.225. The predicted molar refractivity (Wildman–Crippen MR) is 125 cm³/mol. The van der Waals surface area contributed by atoms with Crippen molar-refractivity contribution in [3.63, 3.8) is 0 Å². The van der Waals surface area contributed by atoms with E-state index < -0.39 is 22.5 Å². The molecule has 0 fully saturated rings. The summed E-state index contributed by atoms with van der Waals surface area (Å²) in [6, 6.07) is 10.5. The maximum absolute atomic E-state index is 13.5. The van der Waals surface area contributed by atoms with Crippen molar-refractivity contribution in [2.75, 3.05) is 31.6 Å². The van der Waals surface area contributed by atoms with Crippen LogP contribution in [0.5, 0.6) is 11.5 Å². The van der Waals surface area contributed by atoms with Gasteiger partial charge in [-0.2, -0.15) is 0 Å². The normalized spacial score (nSPS) is 11.1. The highest BCUT2D eigenvalue weighted by atomic mass is 35.5. The molecule has 0 spiro atoms. The van der Waals surface area contributed by atoms with E-state index in [1.807, 2.05) is 10.8 Å². The number of rotatable bonds is 11. The molecule has 2 aromatic carbocycles. The number of aryl methyl sites for hydroxylation is 1.